The summed E-state index contributed by atoms with van der Waals surface area (Å²) in [7, 11) is 1.54. The number of aromatic nitrogens is 2. The van der Waals surface area contributed by atoms with Crippen LogP contribution < -0.4 is 9.64 Å². The van der Waals surface area contributed by atoms with Gasteiger partial charge < -0.3 is 4.74 Å². The number of hydrogen-bond donors (Lipinski definition) is 0. The van der Waals surface area contributed by atoms with E-state index < -0.39 is 11.8 Å². The Kier molecular flexibility index (Phi) is 4.68. The van der Waals surface area contributed by atoms with Crippen molar-refractivity contribution in [2.75, 3.05) is 12.0 Å². The molecule has 1 aliphatic rings. The number of anilines is 2. The molecule has 0 radical (unpaired) electrons. The predicted octanol–water partition coefficient (Wildman–Crippen LogP) is 5.19. The summed E-state index contributed by atoms with van der Waals surface area (Å²) in [6.07, 6.45) is 1.54. The number of fused-ring (bicyclic) bond motifs is 1. The first-order valence-corrected chi connectivity index (χ1v) is 10.0. The molecule has 0 aliphatic carbocycles. The van der Waals surface area contributed by atoms with Gasteiger partial charge in [0.2, 0.25) is 0 Å². The van der Waals surface area contributed by atoms with Crippen LogP contribution in [0, 0.1) is 11.3 Å². The average Bonchev–Trinajstić information content (AvgIpc) is 3.37. The number of carbonyl (C=O) groups is 1. The maximum atomic E-state index is 14.8. The van der Waals surface area contributed by atoms with E-state index in [9.17, 15) is 13.6 Å². The first kappa shape index (κ1) is 20.4. The highest BCUT2D eigenvalue weighted by Crippen LogP contribution is 2.49. The average molecular weight is 442 g/mol. The van der Waals surface area contributed by atoms with Crippen LogP contribution in [0.25, 0.3) is 16.9 Å². The number of nitrogens with zero attached hydrogens (tertiary/aromatic N) is 4. The fourth-order valence-corrected chi connectivity index (χ4v) is 3.84. The molecule has 0 N–H and O–H groups in total. The molecule has 4 aromatic rings. The van der Waals surface area contributed by atoms with E-state index >= 15 is 0 Å². The number of alkyl halides is 2. The molecule has 8 heteroatoms. The molecule has 0 bridgehead atoms. The van der Waals surface area contributed by atoms with Crippen molar-refractivity contribution < 1.29 is 18.3 Å². The van der Waals surface area contributed by atoms with Gasteiger partial charge in [0.15, 0.2) is 0 Å². The third-order valence-corrected chi connectivity index (χ3v) is 5.52. The summed E-state index contributed by atoms with van der Waals surface area (Å²) in [5.41, 5.74) is 2.05. The van der Waals surface area contributed by atoms with Gasteiger partial charge in [-0.2, -0.15) is 19.1 Å². The number of benzene rings is 3. The quantitative estimate of drug-likeness (QED) is 0.436. The molecule has 2 heterocycles. The van der Waals surface area contributed by atoms with Crippen LogP contribution >= 0.6 is 0 Å². The minimum atomic E-state index is -3.65. The number of methoxy groups -OCH3 is 1. The standard InChI is InChI=1S/C25H16F2N4O2/c1-33-19-12-8-17(9-13-19)23-22(15-30(29-23)18-10-6-16(14-28)7-11-18)31-21-5-3-2-4-20(21)25(26,27)24(31)32/h2-13,15H,1H3. The minimum Gasteiger partial charge on any atom is -0.497 e. The Balaban J connectivity index is 1.71. The molecule has 3 aromatic carbocycles. The smallest absolute Gasteiger partial charge is 0.352 e. The molecule has 1 aliphatic heterocycles. The fourth-order valence-electron chi connectivity index (χ4n) is 3.84. The van der Waals surface area contributed by atoms with Crippen LogP contribution in [0.4, 0.5) is 20.2 Å². The van der Waals surface area contributed by atoms with Crippen LogP contribution in [0.5, 0.6) is 5.75 Å². The summed E-state index contributed by atoms with van der Waals surface area (Å²) < 4.78 is 36.4. The molecule has 5 rings (SSSR count). The van der Waals surface area contributed by atoms with E-state index in [1.807, 2.05) is 0 Å². The van der Waals surface area contributed by atoms with Crippen molar-refractivity contribution in [2.24, 2.45) is 0 Å². The van der Waals surface area contributed by atoms with Gasteiger partial charge in [0.1, 0.15) is 11.4 Å². The summed E-state index contributed by atoms with van der Waals surface area (Å²) in [4.78, 5) is 13.9. The lowest BCUT2D eigenvalue weighted by molar-refractivity contribution is -0.140. The first-order valence-electron chi connectivity index (χ1n) is 10.0. The van der Waals surface area contributed by atoms with Gasteiger partial charge in [0.25, 0.3) is 0 Å². The molecule has 0 saturated carbocycles. The molecule has 33 heavy (non-hydrogen) atoms. The van der Waals surface area contributed by atoms with Crippen LogP contribution in [0.15, 0.2) is 79.0 Å². The number of halogens is 2. The molecule has 1 aromatic heterocycles. The second-order valence-electron chi connectivity index (χ2n) is 7.43. The fraction of sp³-hybridized carbons (Fsp3) is 0.0800. The Hall–Kier alpha value is -4.51. The highest BCUT2D eigenvalue weighted by atomic mass is 19.3. The number of para-hydroxylation sites is 1. The highest BCUT2D eigenvalue weighted by Gasteiger charge is 2.54. The molecule has 0 atom stereocenters. The van der Waals surface area contributed by atoms with Crippen molar-refractivity contribution in [3.05, 3.63) is 90.1 Å². The van der Waals surface area contributed by atoms with Gasteiger partial charge in [0.05, 0.1) is 47.6 Å². The van der Waals surface area contributed by atoms with Crippen LogP contribution in [-0.4, -0.2) is 22.8 Å². The zero-order chi connectivity index (χ0) is 23.2. The van der Waals surface area contributed by atoms with E-state index in [0.29, 0.717) is 28.3 Å². The predicted molar refractivity (Wildman–Crippen MR) is 118 cm³/mol. The van der Waals surface area contributed by atoms with Crippen molar-refractivity contribution in [2.45, 2.75) is 5.92 Å². The zero-order valence-corrected chi connectivity index (χ0v) is 17.4. The number of ether oxygens (including phenoxy) is 1. The van der Waals surface area contributed by atoms with E-state index in [2.05, 4.69) is 11.2 Å². The summed E-state index contributed by atoms with van der Waals surface area (Å²) >= 11 is 0. The van der Waals surface area contributed by atoms with E-state index in [0.717, 1.165) is 4.90 Å². The molecule has 0 unspecified atom stereocenters. The molecule has 6 nitrogen and oxygen atoms in total. The maximum absolute atomic E-state index is 14.8. The lowest BCUT2D eigenvalue weighted by atomic mass is 10.1. The molecular formula is C25H16F2N4O2. The molecule has 0 saturated heterocycles. The summed E-state index contributed by atoms with van der Waals surface area (Å²) in [5, 5.41) is 13.7. The number of carbonyl (C=O) groups excluding carboxylic acids is 1. The maximum Gasteiger partial charge on any atom is 0.352 e. The summed E-state index contributed by atoms with van der Waals surface area (Å²) in [6, 6.07) is 21.5. The molecule has 162 valence electrons. The third-order valence-electron chi connectivity index (χ3n) is 5.52. The largest absolute Gasteiger partial charge is 0.497 e. The Labute approximate surface area is 187 Å². The topological polar surface area (TPSA) is 71.2 Å². The second kappa shape index (κ2) is 7.57. The van der Waals surface area contributed by atoms with Crippen molar-refractivity contribution in [1.82, 2.24) is 9.78 Å². The minimum absolute atomic E-state index is 0.113. The van der Waals surface area contributed by atoms with E-state index in [4.69, 9.17) is 10.00 Å². The summed E-state index contributed by atoms with van der Waals surface area (Å²) in [5.74, 6) is -4.36. The van der Waals surface area contributed by atoms with Crippen LogP contribution in [0.1, 0.15) is 11.1 Å². The van der Waals surface area contributed by atoms with Crippen molar-refractivity contribution in [3.63, 3.8) is 0 Å². The zero-order valence-electron chi connectivity index (χ0n) is 17.4. The Bertz CT molecular complexity index is 1400. The molecule has 1 amide bonds. The Morgan fingerprint density at radius 1 is 0.970 bits per heavy atom. The molecule has 0 fully saturated rings. The van der Waals surface area contributed by atoms with E-state index in [-0.39, 0.29) is 16.9 Å². The van der Waals surface area contributed by atoms with Gasteiger partial charge in [-0.3, -0.25) is 9.69 Å². The normalized spacial score (nSPS) is 14.1. The number of amides is 1. The first-order chi connectivity index (χ1) is 15.9. The SMILES string of the molecule is COc1ccc(-c2nn(-c3ccc(C#N)cc3)cc2N2C(=O)C(F)(F)c3ccccc32)cc1. The van der Waals surface area contributed by atoms with Gasteiger partial charge in [-0.25, -0.2) is 4.68 Å². The highest BCUT2D eigenvalue weighted by molar-refractivity contribution is 6.12. The molecule has 0 spiro atoms. The van der Waals surface area contributed by atoms with Gasteiger partial charge in [0, 0.05) is 5.56 Å². The van der Waals surface area contributed by atoms with Gasteiger partial charge in [-0.05, 0) is 54.6 Å². The van der Waals surface area contributed by atoms with Crippen molar-refractivity contribution >= 4 is 17.3 Å². The summed E-state index contributed by atoms with van der Waals surface area (Å²) in [6.45, 7) is 0. The van der Waals surface area contributed by atoms with Crippen molar-refractivity contribution in [3.8, 4) is 28.8 Å². The second-order valence-corrected chi connectivity index (χ2v) is 7.43. The number of hydrogen-bond acceptors (Lipinski definition) is 4. The van der Waals surface area contributed by atoms with E-state index in [1.165, 1.54) is 29.1 Å². The Morgan fingerprint density at radius 2 is 1.67 bits per heavy atom. The Morgan fingerprint density at radius 3 is 2.33 bits per heavy atom. The third kappa shape index (κ3) is 3.22. The number of rotatable bonds is 4. The lowest BCUT2D eigenvalue weighted by Crippen LogP contribution is -2.31. The van der Waals surface area contributed by atoms with E-state index in [1.54, 1.807) is 61.7 Å². The van der Waals surface area contributed by atoms with Gasteiger partial charge >= 0.3 is 11.8 Å². The van der Waals surface area contributed by atoms with Crippen molar-refractivity contribution in [1.29, 1.82) is 5.26 Å². The van der Waals surface area contributed by atoms with Crippen LogP contribution in [0.2, 0.25) is 0 Å². The van der Waals surface area contributed by atoms with Gasteiger partial charge in [-0.1, -0.05) is 18.2 Å². The molecular weight excluding hydrogens is 426 g/mol. The van der Waals surface area contributed by atoms with Gasteiger partial charge in [-0.15, -0.1) is 0 Å². The lowest BCUT2D eigenvalue weighted by Gasteiger charge is -2.17. The monoisotopic (exact) mass is 442 g/mol. The van der Waals surface area contributed by atoms with Crippen LogP contribution in [0.3, 0.4) is 0 Å². The van der Waals surface area contributed by atoms with Crippen LogP contribution in [-0.2, 0) is 10.7 Å². The number of nitriles is 1.